The lowest BCUT2D eigenvalue weighted by molar-refractivity contribution is -0.120. The summed E-state index contributed by atoms with van der Waals surface area (Å²) < 4.78 is 16.1. The number of ether oxygens (including phenoxy) is 3. The molecule has 31 heavy (non-hydrogen) atoms. The Kier molecular flexibility index (Phi) is 6.06. The van der Waals surface area contributed by atoms with Crippen molar-refractivity contribution in [2.45, 2.75) is 12.8 Å². The molecule has 0 saturated carbocycles. The summed E-state index contributed by atoms with van der Waals surface area (Å²) in [6, 6.07) is 11.2. The highest BCUT2D eigenvalue weighted by Gasteiger charge is 2.27. The summed E-state index contributed by atoms with van der Waals surface area (Å²) in [4.78, 5) is 24.4. The molecule has 2 heterocycles. The predicted molar refractivity (Wildman–Crippen MR) is 119 cm³/mol. The van der Waals surface area contributed by atoms with Crippen LogP contribution in [0.4, 0.5) is 11.5 Å². The molecule has 1 fully saturated rings. The number of piperidine rings is 1. The molecule has 1 aliphatic rings. The Bertz CT molecular complexity index is 1060. The van der Waals surface area contributed by atoms with Crippen LogP contribution in [-0.4, -0.2) is 50.3 Å². The molecule has 1 amide bonds. The SMILES string of the molecule is COc1cc(NC(=O)C2CCCN(c3cnc4ccccc4n3)C2)cc(OC)c1OC. The lowest BCUT2D eigenvalue weighted by atomic mass is 9.97. The zero-order valence-corrected chi connectivity index (χ0v) is 17.9. The van der Waals surface area contributed by atoms with Crippen LogP contribution >= 0.6 is 0 Å². The average Bonchev–Trinajstić information content (AvgIpc) is 2.83. The number of carbonyl (C=O) groups excluding carboxylic acids is 1. The molecule has 162 valence electrons. The maximum atomic E-state index is 13.0. The number of nitrogens with one attached hydrogen (secondary N) is 1. The zero-order valence-electron chi connectivity index (χ0n) is 17.9. The molecule has 0 spiro atoms. The van der Waals surface area contributed by atoms with E-state index in [-0.39, 0.29) is 11.8 Å². The summed E-state index contributed by atoms with van der Waals surface area (Å²) in [7, 11) is 4.64. The molecule has 2 aromatic carbocycles. The summed E-state index contributed by atoms with van der Waals surface area (Å²) in [5.41, 5.74) is 2.31. The number of fused-ring (bicyclic) bond motifs is 1. The maximum Gasteiger partial charge on any atom is 0.229 e. The Balaban J connectivity index is 1.50. The van der Waals surface area contributed by atoms with E-state index < -0.39 is 0 Å². The number of para-hydroxylation sites is 2. The fourth-order valence-electron chi connectivity index (χ4n) is 3.90. The van der Waals surface area contributed by atoms with E-state index in [4.69, 9.17) is 19.2 Å². The molecule has 4 rings (SSSR count). The van der Waals surface area contributed by atoms with Gasteiger partial charge in [-0.25, -0.2) is 4.98 Å². The lowest BCUT2D eigenvalue weighted by Crippen LogP contribution is -2.41. The Labute approximate surface area is 181 Å². The highest BCUT2D eigenvalue weighted by Crippen LogP contribution is 2.40. The molecule has 1 aromatic heterocycles. The van der Waals surface area contributed by atoms with Crippen LogP contribution in [0, 0.1) is 5.92 Å². The molecular weight excluding hydrogens is 396 g/mol. The largest absolute Gasteiger partial charge is 0.493 e. The minimum Gasteiger partial charge on any atom is -0.493 e. The van der Waals surface area contributed by atoms with E-state index in [1.54, 1.807) is 39.7 Å². The minimum absolute atomic E-state index is 0.0484. The van der Waals surface area contributed by atoms with Gasteiger partial charge in [0.05, 0.1) is 44.5 Å². The normalized spacial score (nSPS) is 16.1. The molecular formula is C23H26N4O4. The van der Waals surface area contributed by atoms with Gasteiger partial charge in [-0.05, 0) is 25.0 Å². The van der Waals surface area contributed by atoms with Crippen molar-refractivity contribution in [1.82, 2.24) is 9.97 Å². The summed E-state index contributed by atoms with van der Waals surface area (Å²) >= 11 is 0. The topological polar surface area (TPSA) is 85.8 Å². The van der Waals surface area contributed by atoms with Crippen LogP contribution in [0.5, 0.6) is 17.2 Å². The molecule has 0 bridgehead atoms. The van der Waals surface area contributed by atoms with Crippen molar-refractivity contribution in [2.24, 2.45) is 5.92 Å². The Morgan fingerprint density at radius 3 is 2.45 bits per heavy atom. The molecule has 1 atom stereocenters. The van der Waals surface area contributed by atoms with E-state index in [2.05, 4.69) is 15.2 Å². The van der Waals surface area contributed by atoms with Gasteiger partial charge >= 0.3 is 0 Å². The van der Waals surface area contributed by atoms with Gasteiger partial charge in [0, 0.05) is 30.9 Å². The maximum absolute atomic E-state index is 13.0. The average molecular weight is 422 g/mol. The second kappa shape index (κ2) is 9.07. The third-order valence-corrected chi connectivity index (χ3v) is 5.48. The first kappa shape index (κ1) is 20.7. The van der Waals surface area contributed by atoms with Crippen LogP contribution in [0.2, 0.25) is 0 Å². The second-order valence-electron chi connectivity index (χ2n) is 7.41. The standard InChI is InChI=1S/C23H26N4O4/c1-29-19-11-16(12-20(30-2)22(19)31-3)25-23(28)15-7-6-10-27(14-15)21-13-24-17-8-4-5-9-18(17)26-21/h4-5,8-9,11-13,15H,6-7,10,14H2,1-3H3,(H,25,28). The minimum atomic E-state index is -0.166. The van der Waals surface area contributed by atoms with Gasteiger partial charge in [0.15, 0.2) is 11.5 Å². The van der Waals surface area contributed by atoms with Crippen LogP contribution in [0.15, 0.2) is 42.6 Å². The lowest BCUT2D eigenvalue weighted by Gasteiger charge is -2.32. The van der Waals surface area contributed by atoms with Gasteiger partial charge < -0.3 is 24.4 Å². The van der Waals surface area contributed by atoms with Gasteiger partial charge in [-0.3, -0.25) is 9.78 Å². The first-order valence-electron chi connectivity index (χ1n) is 10.2. The molecule has 3 aromatic rings. The van der Waals surface area contributed by atoms with Crippen molar-refractivity contribution in [3.05, 3.63) is 42.6 Å². The molecule has 1 N–H and O–H groups in total. The van der Waals surface area contributed by atoms with E-state index >= 15 is 0 Å². The number of methoxy groups -OCH3 is 3. The fourth-order valence-corrected chi connectivity index (χ4v) is 3.90. The van der Waals surface area contributed by atoms with Gasteiger partial charge in [0.25, 0.3) is 0 Å². The number of amides is 1. The van der Waals surface area contributed by atoms with Gasteiger partial charge in [0.1, 0.15) is 5.82 Å². The number of carbonyl (C=O) groups is 1. The van der Waals surface area contributed by atoms with Gasteiger partial charge in [0.2, 0.25) is 11.7 Å². The van der Waals surface area contributed by atoms with Crippen molar-refractivity contribution >= 4 is 28.4 Å². The molecule has 8 heteroatoms. The summed E-state index contributed by atoms with van der Waals surface area (Å²) in [5.74, 6) is 2.06. The second-order valence-corrected chi connectivity index (χ2v) is 7.41. The number of hydrogen-bond donors (Lipinski definition) is 1. The van der Waals surface area contributed by atoms with E-state index in [0.717, 1.165) is 36.2 Å². The third kappa shape index (κ3) is 4.33. The van der Waals surface area contributed by atoms with E-state index in [0.29, 0.717) is 29.5 Å². The van der Waals surface area contributed by atoms with Crippen molar-refractivity contribution in [3.63, 3.8) is 0 Å². The van der Waals surface area contributed by atoms with Crippen LogP contribution in [0.25, 0.3) is 11.0 Å². The number of anilines is 2. The monoisotopic (exact) mass is 422 g/mol. The predicted octanol–water partition coefficient (Wildman–Crippen LogP) is 3.51. The Hall–Kier alpha value is -3.55. The van der Waals surface area contributed by atoms with Gasteiger partial charge in [-0.15, -0.1) is 0 Å². The van der Waals surface area contributed by atoms with E-state index in [1.807, 2.05) is 24.3 Å². The quantitative estimate of drug-likeness (QED) is 0.651. The highest BCUT2D eigenvalue weighted by atomic mass is 16.5. The van der Waals surface area contributed by atoms with Gasteiger partial charge in [-0.2, -0.15) is 0 Å². The highest BCUT2D eigenvalue weighted by molar-refractivity contribution is 5.93. The molecule has 1 saturated heterocycles. The van der Waals surface area contributed by atoms with Crippen molar-refractivity contribution in [1.29, 1.82) is 0 Å². The van der Waals surface area contributed by atoms with Gasteiger partial charge in [-0.1, -0.05) is 12.1 Å². The van der Waals surface area contributed by atoms with E-state index in [9.17, 15) is 4.79 Å². The van der Waals surface area contributed by atoms with E-state index in [1.165, 1.54) is 0 Å². The third-order valence-electron chi connectivity index (χ3n) is 5.48. The van der Waals surface area contributed by atoms with Crippen molar-refractivity contribution in [2.75, 3.05) is 44.6 Å². The van der Waals surface area contributed by atoms with Crippen LogP contribution in [0.1, 0.15) is 12.8 Å². The number of rotatable bonds is 6. The van der Waals surface area contributed by atoms with Crippen LogP contribution in [-0.2, 0) is 4.79 Å². The number of aromatic nitrogens is 2. The fraction of sp³-hybridized carbons (Fsp3) is 0.348. The zero-order chi connectivity index (χ0) is 21.8. The molecule has 1 aliphatic heterocycles. The summed E-state index contributed by atoms with van der Waals surface area (Å²) in [5, 5.41) is 3.00. The van der Waals surface area contributed by atoms with Crippen molar-refractivity contribution in [3.8, 4) is 17.2 Å². The summed E-state index contributed by atoms with van der Waals surface area (Å²) in [6.07, 6.45) is 3.50. The summed E-state index contributed by atoms with van der Waals surface area (Å²) in [6.45, 7) is 1.43. The Morgan fingerprint density at radius 1 is 1.06 bits per heavy atom. The molecule has 8 nitrogen and oxygen atoms in total. The Morgan fingerprint density at radius 2 is 1.77 bits per heavy atom. The number of hydrogen-bond acceptors (Lipinski definition) is 7. The first-order chi connectivity index (χ1) is 15.1. The van der Waals surface area contributed by atoms with Crippen LogP contribution < -0.4 is 24.4 Å². The molecule has 0 aliphatic carbocycles. The molecule has 1 unspecified atom stereocenters. The first-order valence-corrected chi connectivity index (χ1v) is 10.2. The number of nitrogens with zero attached hydrogens (tertiary/aromatic N) is 3. The van der Waals surface area contributed by atoms with Crippen molar-refractivity contribution < 1.29 is 19.0 Å². The molecule has 0 radical (unpaired) electrons. The smallest absolute Gasteiger partial charge is 0.229 e. The van der Waals surface area contributed by atoms with Crippen LogP contribution in [0.3, 0.4) is 0 Å². The number of benzene rings is 2.